The Bertz CT molecular complexity index is 1360. The largest absolute Gasteiger partial charge is 0.491 e. The summed E-state index contributed by atoms with van der Waals surface area (Å²) < 4.78 is 12.4. The molecule has 1 aliphatic rings. The molecule has 1 aromatic heterocycles. The zero-order chi connectivity index (χ0) is 22.9. The summed E-state index contributed by atoms with van der Waals surface area (Å²) in [5.74, 6) is 0.133. The molecule has 7 nitrogen and oxygen atoms in total. The third-order valence-electron chi connectivity index (χ3n) is 5.64. The molecule has 5 rings (SSSR count). The van der Waals surface area contributed by atoms with Crippen molar-refractivity contribution >= 4 is 22.7 Å². The summed E-state index contributed by atoms with van der Waals surface area (Å²) in [7, 11) is 0. The molecule has 7 heteroatoms. The maximum Gasteiger partial charge on any atom is 0.338 e. The molecule has 0 spiro atoms. The van der Waals surface area contributed by atoms with Crippen LogP contribution in [0.4, 0.5) is 0 Å². The molecule has 1 heterocycles. The Hall–Kier alpha value is -3.97. The summed E-state index contributed by atoms with van der Waals surface area (Å²) in [6.07, 6.45) is -0.832. The highest BCUT2D eigenvalue weighted by Gasteiger charge is 2.28. The summed E-state index contributed by atoms with van der Waals surface area (Å²) in [6.45, 7) is 2.32. The van der Waals surface area contributed by atoms with Crippen LogP contribution in [0.3, 0.4) is 0 Å². The number of hydrogen-bond acceptors (Lipinski definition) is 6. The van der Waals surface area contributed by atoms with Gasteiger partial charge in [0.05, 0.1) is 24.2 Å². The van der Waals surface area contributed by atoms with E-state index in [0.29, 0.717) is 29.0 Å². The van der Waals surface area contributed by atoms with Crippen LogP contribution in [0.5, 0.6) is 5.75 Å². The van der Waals surface area contributed by atoms with Crippen molar-refractivity contribution in [1.82, 2.24) is 9.78 Å². The molecular weight excluding hydrogens is 420 g/mol. The first kappa shape index (κ1) is 20.9. The number of esters is 1. The van der Waals surface area contributed by atoms with Gasteiger partial charge in [-0.25, -0.2) is 4.79 Å². The van der Waals surface area contributed by atoms with E-state index >= 15 is 0 Å². The minimum Gasteiger partial charge on any atom is -0.491 e. The second-order valence-electron chi connectivity index (χ2n) is 7.81. The predicted molar refractivity (Wildman–Crippen MR) is 123 cm³/mol. The molecule has 0 fully saturated rings. The molecule has 0 unspecified atom stereocenters. The molecule has 166 valence electrons. The highest BCUT2D eigenvalue weighted by Crippen LogP contribution is 2.38. The van der Waals surface area contributed by atoms with Gasteiger partial charge in [-0.1, -0.05) is 36.4 Å². The molecule has 4 aromatic rings. The highest BCUT2D eigenvalue weighted by atomic mass is 16.5. The highest BCUT2D eigenvalue weighted by molar-refractivity contribution is 6.25. The normalized spacial score (nSPS) is 13.0. The van der Waals surface area contributed by atoms with Gasteiger partial charge in [0.15, 0.2) is 5.78 Å². The smallest absolute Gasteiger partial charge is 0.338 e. The zero-order valence-corrected chi connectivity index (χ0v) is 18.0. The Morgan fingerprint density at radius 1 is 1.00 bits per heavy atom. The first-order valence-corrected chi connectivity index (χ1v) is 10.8. The van der Waals surface area contributed by atoms with Gasteiger partial charge >= 0.3 is 5.97 Å². The van der Waals surface area contributed by atoms with Crippen LogP contribution in [-0.4, -0.2) is 46.0 Å². The maximum absolute atomic E-state index is 13.0. The Balaban J connectivity index is 1.34. The monoisotopic (exact) mass is 442 g/mol. The lowest BCUT2D eigenvalue weighted by Crippen LogP contribution is -2.24. The van der Waals surface area contributed by atoms with Crippen LogP contribution in [0, 0.1) is 0 Å². The number of rotatable bonds is 7. The molecule has 0 amide bonds. The fraction of sp³-hybridized carbons (Fsp3) is 0.192. The average Bonchev–Trinajstić information content (AvgIpc) is 3.21. The predicted octanol–water partition coefficient (Wildman–Crippen LogP) is 3.86. The number of ether oxygens (including phenoxy) is 2. The van der Waals surface area contributed by atoms with Crippen LogP contribution < -0.4 is 4.74 Å². The standard InChI is InChI=1S/C26H22N2O5/c1-2-32-26(31)16-10-12-18(13-11-16)33-15-17(29)14-28-22-9-5-8-21-23(22)24(27-28)19-6-3-4-7-20(19)25(21)30/h3-13,17,29H,2,14-15H2,1H3/t17-/m0/s1. The number of aromatic nitrogens is 2. The number of carbonyl (C=O) groups is 2. The van der Waals surface area contributed by atoms with Crippen molar-refractivity contribution in [1.29, 1.82) is 0 Å². The average molecular weight is 442 g/mol. The Labute approximate surface area is 190 Å². The van der Waals surface area contributed by atoms with E-state index in [0.717, 1.165) is 22.2 Å². The fourth-order valence-electron chi connectivity index (χ4n) is 4.12. The van der Waals surface area contributed by atoms with Crippen molar-refractivity contribution in [2.45, 2.75) is 19.6 Å². The van der Waals surface area contributed by atoms with Gasteiger partial charge in [0.1, 0.15) is 24.2 Å². The quantitative estimate of drug-likeness (QED) is 0.385. The number of nitrogens with zero attached hydrogens (tertiary/aromatic N) is 2. The van der Waals surface area contributed by atoms with E-state index in [1.165, 1.54) is 0 Å². The summed E-state index contributed by atoms with van der Waals surface area (Å²) in [5, 5.41) is 16.2. The number of benzene rings is 3. The van der Waals surface area contributed by atoms with E-state index in [4.69, 9.17) is 14.6 Å². The van der Waals surface area contributed by atoms with Gasteiger partial charge in [-0.2, -0.15) is 5.10 Å². The summed E-state index contributed by atoms with van der Waals surface area (Å²) in [5.41, 5.74) is 4.05. The summed E-state index contributed by atoms with van der Waals surface area (Å²) in [6, 6.07) is 19.6. The first-order valence-electron chi connectivity index (χ1n) is 10.8. The van der Waals surface area contributed by atoms with Crippen molar-refractivity contribution in [2.24, 2.45) is 0 Å². The fourth-order valence-corrected chi connectivity index (χ4v) is 4.12. The number of aliphatic hydroxyl groups is 1. The number of ketones is 1. The van der Waals surface area contributed by atoms with E-state index in [2.05, 4.69) is 0 Å². The third kappa shape index (κ3) is 3.76. The van der Waals surface area contributed by atoms with E-state index in [-0.39, 0.29) is 24.9 Å². The Morgan fingerprint density at radius 2 is 1.73 bits per heavy atom. The lowest BCUT2D eigenvalue weighted by molar-refractivity contribution is 0.0526. The second kappa shape index (κ2) is 8.52. The van der Waals surface area contributed by atoms with Gasteiger partial charge < -0.3 is 14.6 Å². The molecule has 0 radical (unpaired) electrons. The maximum atomic E-state index is 13.0. The summed E-state index contributed by atoms with van der Waals surface area (Å²) >= 11 is 0. The van der Waals surface area contributed by atoms with Crippen LogP contribution in [0.2, 0.25) is 0 Å². The van der Waals surface area contributed by atoms with Crippen LogP contribution >= 0.6 is 0 Å². The van der Waals surface area contributed by atoms with Crippen LogP contribution in [0.15, 0.2) is 66.7 Å². The number of carbonyl (C=O) groups excluding carboxylic acids is 2. The molecule has 0 bridgehead atoms. The van der Waals surface area contributed by atoms with Gasteiger partial charge in [-0.3, -0.25) is 9.48 Å². The molecule has 0 aliphatic heterocycles. The zero-order valence-electron chi connectivity index (χ0n) is 18.0. The van der Waals surface area contributed by atoms with Crippen molar-refractivity contribution in [3.8, 4) is 17.0 Å². The Morgan fingerprint density at radius 3 is 2.48 bits per heavy atom. The molecule has 0 saturated carbocycles. The van der Waals surface area contributed by atoms with Gasteiger partial charge in [0.2, 0.25) is 0 Å². The first-order chi connectivity index (χ1) is 16.1. The van der Waals surface area contributed by atoms with Gasteiger partial charge in [0, 0.05) is 22.1 Å². The lowest BCUT2D eigenvalue weighted by atomic mass is 9.87. The molecule has 1 aliphatic carbocycles. The minimum atomic E-state index is -0.832. The Kier molecular flexibility index (Phi) is 5.40. The van der Waals surface area contributed by atoms with Crippen LogP contribution in [-0.2, 0) is 11.3 Å². The topological polar surface area (TPSA) is 90.7 Å². The lowest BCUT2D eigenvalue weighted by Gasteiger charge is -2.14. The third-order valence-corrected chi connectivity index (χ3v) is 5.64. The SMILES string of the molecule is CCOC(=O)c1ccc(OC[C@@H](O)Cn2nc3c4c(cccc42)C(=O)c2ccccc2-3)cc1. The van der Waals surface area contributed by atoms with Gasteiger partial charge in [-0.05, 0) is 37.3 Å². The van der Waals surface area contributed by atoms with E-state index < -0.39 is 6.10 Å². The van der Waals surface area contributed by atoms with Crippen LogP contribution in [0.25, 0.3) is 22.2 Å². The van der Waals surface area contributed by atoms with Crippen molar-refractivity contribution in [2.75, 3.05) is 13.2 Å². The van der Waals surface area contributed by atoms with Gasteiger partial charge in [0.25, 0.3) is 0 Å². The number of aliphatic hydroxyl groups excluding tert-OH is 1. The molecule has 0 saturated heterocycles. The van der Waals surface area contributed by atoms with E-state index in [1.54, 1.807) is 35.9 Å². The second-order valence-corrected chi connectivity index (χ2v) is 7.81. The summed E-state index contributed by atoms with van der Waals surface area (Å²) in [4.78, 5) is 24.7. The van der Waals surface area contributed by atoms with Crippen LogP contribution in [0.1, 0.15) is 33.2 Å². The van der Waals surface area contributed by atoms with E-state index in [1.807, 2.05) is 42.5 Å². The van der Waals surface area contributed by atoms with E-state index in [9.17, 15) is 14.7 Å². The number of hydrogen-bond donors (Lipinski definition) is 1. The number of fused-ring (bicyclic) bond motifs is 2. The van der Waals surface area contributed by atoms with Crippen molar-refractivity contribution in [3.63, 3.8) is 0 Å². The van der Waals surface area contributed by atoms with Crippen molar-refractivity contribution in [3.05, 3.63) is 83.4 Å². The van der Waals surface area contributed by atoms with Gasteiger partial charge in [-0.15, -0.1) is 0 Å². The minimum absolute atomic E-state index is 0.0154. The molecule has 1 N–H and O–H groups in total. The molecular formula is C26H22N2O5. The molecule has 1 atom stereocenters. The molecule has 3 aromatic carbocycles. The van der Waals surface area contributed by atoms with Crippen molar-refractivity contribution < 1.29 is 24.2 Å². The molecule has 33 heavy (non-hydrogen) atoms.